The lowest BCUT2D eigenvalue weighted by atomic mass is 10.2. The number of nitrogens with zero attached hydrogens (tertiary/aromatic N) is 2. The van der Waals surface area contributed by atoms with Crippen LogP contribution < -0.4 is 0 Å². The number of rotatable bonds is 2. The van der Waals surface area contributed by atoms with Gasteiger partial charge >= 0.3 is 0 Å². The number of thioether (sulfide) groups is 1. The van der Waals surface area contributed by atoms with Crippen LogP contribution in [0, 0.1) is 0 Å². The van der Waals surface area contributed by atoms with Crippen LogP contribution in [0.4, 0.5) is 0 Å². The van der Waals surface area contributed by atoms with E-state index in [4.69, 9.17) is 16.3 Å². The lowest BCUT2D eigenvalue weighted by Crippen LogP contribution is -2.12. The highest BCUT2D eigenvalue weighted by molar-refractivity contribution is 8.02. The molecule has 0 bridgehead atoms. The molecule has 4 rings (SSSR count). The van der Waals surface area contributed by atoms with Crippen LogP contribution in [0.1, 0.15) is 16.5 Å². The second-order valence-corrected chi connectivity index (χ2v) is 6.10. The summed E-state index contributed by atoms with van der Waals surface area (Å²) in [5.41, 5.74) is 2.13. The van der Waals surface area contributed by atoms with Crippen molar-refractivity contribution in [2.75, 3.05) is 0 Å². The van der Waals surface area contributed by atoms with Crippen molar-refractivity contribution in [2.24, 2.45) is 5.10 Å². The van der Waals surface area contributed by atoms with Crippen molar-refractivity contribution in [3.05, 3.63) is 82.0 Å². The fourth-order valence-electron chi connectivity index (χ4n) is 2.29. The van der Waals surface area contributed by atoms with Gasteiger partial charge in [0, 0.05) is 16.0 Å². The van der Waals surface area contributed by atoms with Gasteiger partial charge < -0.3 is 4.74 Å². The van der Waals surface area contributed by atoms with Crippen LogP contribution in [-0.4, -0.2) is 10.9 Å². The topological polar surface area (TPSA) is 24.8 Å². The molecule has 5 heteroatoms. The molecule has 0 N–H and O–H groups in total. The van der Waals surface area contributed by atoms with Gasteiger partial charge in [0.25, 0.3) is 0 Å². The minimum absolute atomic E-state index is 0.131. The highest BCUT2D eigenvalue weighted by atomic mass is 35.5. The van der Waals surface area contributed by atoms with Crippen LogP contribution >= 0.6 is 23.4 Å². The highest BCUT2D eigenvalue weighted by Crippen LogP contribution is 2.45. The van der Waals surface area contributed by atoms with E-state index in [0.717, 1.165) is 11.4 Å². The van der Waals surface area contributed by atoms with E-state index in [1.54, 1.807) is 11.8 Å². The molecule has 0 spiro atoms. The second kappa shape index (κ2) is 5.13. The number of benzene rings is 2. The quantitative estimate of drug-likeness (QED) is 0.811. The number of hydrazone groups is 1. The third kappa shape index (κ3) is 2.30. The largest absolute Gasteiger partial charge is 0.418 e. The maximum atomic E-state index is 5.91. The fourth-order valence-corrected chi connectivity index (χ4v) is 3.39. The average Bonchev–Trinajstić information content (AvgIpc) is 3.09. The first kappa shape index (κ1) is 12.8. The van der Waals surface area contributed by atoms with E-state index in [2.05, 4.69) is 17.2 Å². The molecule has 0 saturated carbocycles. The van der Waals surface area contributed by atoms with Gasteiger partial charge in [0.15, 0.2) is 0 Å². The van der Waals surface area contributed by atoms with Crippen LogP contribution in [-0.2, 0) is 4.74 Å². The molecule has 0 aliphatic carbocycles. The van der Waals surface area contributed by atoms with Gasteiger partial charge in [-0.2, -0.15) is 0 Å². The molecule has 2 heterocycles. The molecule has 2 aliphatic heterocycles. The van der Waals surface area contributed by atoms with Crippen molar-refractivity contribution in [2.45, 2.75) is 5.37 Å². The minimum Gasteiger partial charge on any atom is -0.418 e. The third-order valence-electron chi connectivity index (χ3n) is 3.32. The Morgan fingerprint density at radius 2 is 1.81 bits per heavy atom. The molecule has 1 unspecified atom stereocenters. The van der Waals surface area contributed by atoms with E-state index in [-0.39, 0.29) is 5.37 Å². The zero-order valence-corrected chi connectivity index (χ0v) is 12.5. The van der Waals surface area contributed by atoms with E-state index >= 15 is 0 Å². The van der Waals surface area contributed by atoms with E-state index in [1.807, 2.05) is 52.9 Å². The molecular formula is C16H11ClN2OS. The molecule has 21 heavy (non-hydrogen) atoms. The first-order chi connectivity index (χ1) is 10.3. The van der Waals surface area contributed by atoms with Crippen LogP contribution in [0.15, 0.2) is 71.0 Å². The Morgan fingerprint density at radius 1 is 1.05 bits per heavy atom. The standard InChI is InChI=1S/C16H11ClN2OS/c17-13-8-6-11(7-9-13)15-18-19-14(20-15)10-21-16(19)12-4-2-1-3-5-12/h1-10,16H. The van der Waals surface area contributed by atoms with Crippen molar-refractivity contribution in [3.63, 3.8) is 0 Å². The Balaban J connectivity index is 1.64. The summed E-state index contributed by atoms with van der Waals surface area (Å²) < 4.78 is 5.84. The zero-order chi connectivity index (χ0) is 14.2. The molecule has 0 aromatic heterocycles. The van der Waals surface area contributed by atoms with Crippen LogP contribution in [0.3, 0.4) is 0 Å². The zero-order valence-electron chi connectivity index (χ0n) is 10.9. The highest BCUT2D eigenvalue weighted by Gasteiger charge is 2.35. The van der Waals surface area contributed by atoms with Crippen LogP contribution in [0.5, 0.6) is 0 Å². The minimum atomic E-state index is 0.131. The Kier molecular flexibility index (Phi) is 3.13. The van der Waals surface area contributed by atoms with E-state index in [9.17, 15) is 0 Å². The van der Waals surface area contributed by atoms with Gasteiger partial charge in [0.05, 0.1) is 0 Å². The van der Waals surface area contributed by atoms with E-state index in [1.165, 1.54) is 5.56 Å². The van der Waals surface area contributed by atoms with Crippen molar-refractivity contribution >= 4 is 29.3 Å². The summed E-state index contributed by atoms with van der Waals surface area (Å²) in [6.07, 6.45) is 0. The summed E-state index contributed by atoms with van der Waals surface area (Å²) in [7, 11) is 0. The fraction of sp³-hybridized carbons (Fsp3) is 0.0625. The summed E-state index contributed by atoms with van der Waals surface area (Å²) in [5.74, 6) is 1.39. The van der Waals surface area contributed by atoms with Crippen molar-refractivity contribution < 1.29 is 4.74 Å². The smallest absolute Gasteiger partial charge is 0.245 e. The lowest BCUT2D eigenvalue weighted by Gasteiger charge is -2.17. The van der Waals surface area contributed by atoms with Crippen LogP contribution in [0.2, 0.25) is 5.02 Å². The van der Waals surface area contributed by atoms with Gasteiger partial charge in [-0.25, -0.2) is 5.01 Å². The van der Waals surface area contributed by atoms with Gasteiger partial charge in [-0.05, 0) is 29.8 Å². The first-order valence-electron chi connectivity index (χ1n) is 6.53. The van der Waals surface area contributed by atoms with Gasteiger partial charge in [0.1, 0.15) is 5.37 Å². The Hall–Kier alpha value is -1.91. The Morgan fingerprint density at radius 3 is 2.57 bits per heavy atom. The summed E-state index contributed by atoms with van der Waals surface area (Å²) in [6.45, 7) is 0. The number of ether oxygens (including phenoxy) is 1. The van der Waals surface area contributed by atoms with Gasteiger partial charge in [-0.3, -0.25) is 0 Å². The normalized spacial score (nSPS) is 19.9. The third-order valence-corrected chi connectivity index (χ3v) is 4.64. The van der Waals surface area contributed by atoms with Crippen molar-refractivity contribution in [3.8, 4) is 0 Å². The predicted molar refractivity (Wildman–Crippen MR) is 85.8 cm³/mol. The summed E-state index contributed by atoms with van der Waals surface area (Å²) in [6, 6.07) is 17.8. The van der Waals surface area contributed by atoms with Crippen molar-refractivity contribution in [1.29, 1.82) is 0 Å². The molecule has 2 aromatic carbocycles. The number of hydrogen-bond acceptors (Lipinski definition) is 4. The maximum absolute atomic E-state index is 5.91. The summed E-state index contributed by atoms with van der Waals surface area (Å²) in [4.78, 5) is 0. The monoisotopic (exact) mass is 314 g/mol. The number of hydrogen-bond donors (Lipinski definition) is 0. The second-order valence-electron chi connectivity index (χ2n) is 4.71. The summed E-state index contributed by atoms with van der Waals surface area (Å²) >= 11 is 7.61. The molecule has 1 atom stereocenters. The van der Waals surface area contributed by atoms with Crippen molar-refractivity contribution in [1.82, 2.24) is 5.01 Å². The SMILES string of the molecule is Clc1ccc(C2=NN3C(=CSC3c3ccccc3)O2)cc1. The Bertz CT molecular complexity index is 728. The summed E-state index contributed by atoms with van der Waals surface area (Å²) in [5, 5.41) is 9.36. The average molecular weight is 315 g/mol. The van der Waals surface area contributed by atoms with Crippen LogP contribution in [0.25, 0.3) is 0 Å². The Labute approximate surface area is 131 Å². The van der Waals surface area contributed by atoms with E-state index < -0.39 is 0 Å². The molecule has 2 aromatic rings. The first-order valence-corrected chi connectivity index (χ1v) is 7.85. The molecule has 0 fully saturated rings. The van der Waals surface area contributed by atoms with E-state index in [0.29, 0.717) is 10.9 Å². The molecule has 2 aliphatic rings. The molecule has 3 nitrogen and oxygen atoms in total. The maximum Gasteiger partial charge on any atom is 0.245 e. The molecular weight excluding hydrogens is 304 g/mol. The van der Waals surface area contributed by atoms with Gasteiger partial charge in [-0.1, -0.05) is 53.7 Å². The predicted octanol–water partition coefficient (Wildman–Crippen LogP) is 4.58. The van der Waals surface area contributed by atoms with Gasteiger partial charge in [-0.15, -0.1) is 5.10 Å². The number of fused-ring (bicyclic) bond motifs is 1. The molecule has 104 valence electrons. The molecule has 0 saturated heterocycles. The van der Waals surface area contributed by atoms with Gasteiger partial charge in [0.2, 0.25) is 11.8 Å². The lowest BCUT2D eigenvalue weighted by molar-refractivity contribution is 0.265. The molecule has 0 amide bonds. The molecule has 0 radical (unpaired) electrons. The number of halogens is 1.